The maximum atomic E-state index is 11.0. The van der Waals surface area contributed by atoms with Crippen molar-refractivity contribution in [3.05, 3.63) is 46.5 Å². The largest absolute Gasteiger partial charge is 0.508 e. The molecule has 2 N–H and O–H groups in total. The van der Waals surface area contributed by atoms with E-state index in [1.807, 2.05) is 24.3 Å². The summed E-state index contributed by atoms with van der Waals surface area (Å²) in [6.07, 6.45) is 1.25. The van der Waals surface area contributed by atoms with Crippen LogP contribution >= 0.6 is 23.4 Å². The fraction of sp³-hybridized carbons (Fsp3) is 0.471. The van der Waals surface area contributed by atoms with Gasteiger partial charge in [-0.05, 0) is 17.2 Å². The average molecular weight is 388 g/mol. The molecule has 0 aromatic heterocycles. The van der Waals surface area contributed by atoms with E-state index in [9.17, 15) is 15.0 Å². The van der Waals surface area contributed by atoms with E-state index < -0.39 is 11.1 Å². The third-order valence-corrected chi connectivity index (χ3v) is 5.54. The number of aliphatic hydroxyl groups is 2. The minimum atomic E-state index is -1.19. The van der Waals surface area contributed by atoms with Crippen LogP contribution in [-0.2, 0) is 16.0 Å². The minimum Gasteiger partial charge on any atom is -0.438 e. The Kier molecular flexibility index (Phi) is 7.58. The number of ether oxygens (including phenoxy) is 2. The summed E-state index contributed by atoms with van der Waals surface area (Å²) >= 11 is 7.32. The zero-order valence-corrected chi connectivity index (χ0v) is 15.6. The number of methoxy groups -OCH3 is 1. The number of nitrogens with zero attached hydrogens (tertiary/aromatic N) is 1. The number of piperidine rings is 1. The van der Waals surface area contributed by atoms with Crippen molar-refractivity contribution in [1.29, 1.82) is 0 Å². The summed E-state index contributed by atoms with van der Waals surface area (Å²) in [4.78, 5) is 12.0. The van der Waals surface area contributed by atoms with Crippen molar-refractivity contribution in [2.45, 2.75) is 17.9 Å². The Morgan fingerprint density at radius 3 is 2.92 bits per heavy atom. The van der Waals surface area contributed by atoms with E-state index in [-0.39, 0.29) is 12.5 Å². The fourth-order valence-electron chi connectivity index (χ4n) is 2.65. The molecule has 0 radical (unpaired) electrons. The summed E-state index contributed by atoms with van der Waals surface area (Å²) in [6.45, 7) is 1.63. The molecule has 8 heteroatoms. The van der Waals surface area contributed by atoms with Crippen LogP contribution in [0.5, 0.6) is 0 Å². The first-order chi connectivity index (χ1) is 12.0. The van der Waals surface area contributed by atoms with Gasteiger partial charge in [0.15, 0.2) is 0 Å². The second-order valence-corrected chi connectivity index (χ2v) is 7.22. The summed E-state index contributed by atoms with van der Waals surface area (Å²) in [5.41, 5.74) is 1.70. The van der Waals surface area contributed by atoms with Gasteiger partial charge in [-0.2, -0.15) is 0 Å². The summed E-state index contributed by atoms with van der Waals surface area (Å²) in [6, 6.07) is 7.64. The quantitative estimate of drug-likeness (QED) is 0.441. The second kappa shape index (κ2) is 9.45. The molecule has 0 aliphatic carbocycles. The smallest absolute Gasteiger partial charge is 0.438 e. The molecule has 2 rings (SSSR count). The summed E-state index contributed by atoms with van der Waals surface area (Å²) < 4.78 is 9.25. The molecule has 1 aliphatic heterocycles. The lowest BCUT2D eigenvalue weighted by Gasteiger charge is -2.40. The van der Waals surface area contributed by atoms with E-state index in [1.165, 1.54) is 7.11 Å². The van der Waals surface area contributed by atoms with Gasteiger partial charge in [0.25, 0.3) is 0 Å². The van der Waals surface area contributed by atoms with Crippen LogP contribution in [-0.4, -0.2) is 58.9 Å². The zero-order chi connectivity index (χ0) is 18.3. The van der Waals surface area contributed by atoms with Crippen molar-refractivity contribution < 1.29 is 24.5 Å². The van der Waals surface area contributed by atoms with E-state index >= 15 is 0 Å². The maximum absolute atomic E-state index is 11.0. The van der Waals surface area contributed by atoms with E-state index in [4.69, 9.17) is 16.3 Å². The molecule has 1 heterocycles. The molecule has 1 aliphatic rings. The number of hydrogen-bond acceptors (Lipinski definition) is 7. The molecular weight excluding hydrogens is 366 g/mol. The number of aliphatic hydroxyl groups excluding tert-OH is 1. The molecule has 1 aromatic carbocycles. The minimum absolute atomic E-state index is 0.0313. The van der Waals surface area contributed by atoms with E-state index in [0.717, 1.165) is 17.3 Å². The number of carbonyl (C=O) groups excluding carboxylic acids is 1. The molecule has 0 spiro atoms. The number of thioether (sulfide) groups is 1. The third kappa shape index (κ3) is 5.62. The van der Waals surface area contributed by atoms with Crippen LogP contribution in [0.15, 0.2) is 35.9 Å². The van der Waals surface area contributed by atoms with Crippen LogP contribution in [0, 0.1) is 0 Å². The Hall–Kier alpha value is -1.25. The molecular formula is C17H22ClNO5S. The highest BCUT2D eigenvalue weighted by atomic mass is 35.5. The lowest BCUT2D eigenvalue weighted by Crippen LogP contribution is -2.44. The number of carbonyl (C=O) groups is 1. The zero-order valence-electron chi connectivity index (χ0n) is 14.0. The van der Waals surface area contributed by atoms with Crippen molar-refractivity contribution in [3.8, 4) is 0 Å². The van der Waals surface area contributed by atoms with Gasteiger partial charge in [0, 0.05) is 31.1 Å². The van der Waals surface area contributed by atoms with Crippen LogP contribution in [0.1, 0.15) is 12.0 Å². The first-order valence-corrected chi connectivity index (χ1v) is 9.18. The van der Waals surface area contributed by atoms with E-state index in [2.05, 4.69) is 9.64 Å². The molecule has 25 heavy (non-hydrogen) atoms. The first-order valence-electron chi connectivity index (χ1n) is 7.81. The van der Waals surface area contributed by atoms with Crippen molar-refractivity contribution >= 4 is 29.5 Å². The van der Waals surface area contributed by atoms with Gasteiger partial charge in [0.2, 0.25) is 0 Å². The van der Waals surface area contributed by atoms with E-state index in [0.29, 0.717) is 36.7 Å². The molecule has 1 saturated heterocycles. The van der Waals surface area contributed by atoms with Crippen LogP contribution in [0.25, 0.3) is 0 Å². The predicted octanol–water partition coefficient (Wildman–Crippen LogP) is 2.63. The van der Waals surface area contributed by atoms with Gasteiger partial charge in [-0.25, -0.2) is 4.79 Å². The highest BCUT2D eigenvalue weighted by Gasteiger charge is 2.37. The lowest BCUT2D eigenvalue weighted by atomic mass is 9.99. The second-order valence-electron chi connectivity index (χ2n) is 5.61. The molecule has 138 valence electrons. The molecule has 1 aromatic rings. The summed E-state index contributed by atoms with van der Waals surface area (Å²) in [7, 11) is 1.23. The van der Waals surface area contributed by atoms with Crippen LogP contribution in [0.4, 0.5) is 4.79 Å². The Labute approximate surface area is 156 Å². The van der Waals surface area contributed by atoms with Crippen molar-refractivity contribution in [3.63, 3.8) is 0 Å². The highest BCUT2D eigenvalue weighted by Crippen LogP contribution is 2.38. The molecule has 1 unspecified atom stereocenters. The van der Waals surface area contributed by atoms with Gasteiger partial charge in [-0.3, -0.25) is 4.90 Å². The Balaban J connectivity index is 2.00. The number of rotatable bonds is 6. The fourth-order valence-corrected chi connectivity index (χ4v) is 3.76. The number of likely N-dealkylation sites (tertiary alicyclic amines) is 1. The SMILES string of the molecule is COC(=O)OCSC1(O)CCN(Cc2ccccc2Cl)C/C1=C\CO. The average Bonchev–Trinajstić information content (AvgIpc) is 2.60. The Morgan fingerprint density at radius 1 is 1.48 bits per heavy atom. The van der Waals surface area contributed by atoms with Gasteiger partial charge in [-0.1, -0.05) is 47.6 Å². The van der Waals surface area contributed by atoms with Gasteiger partial charge in [0.1, 0.15) is 10.9 Å². The Morgan fingerprint density at radius 2 is 2.24 bits per heavy atom. The standard InChI is InChI=1S/C17H22ClNO5S/c1-23-16(21)24-12-25-17(22)7-8-19(11-14(17)6-9-20)10-13-4-2-3-5-15(13)18/h2-6,20,22H,7-12H2,1H3/b14-6+. The molecule has 1 fully saturated rings. The molecule has 6 nitrogen and oxygen atoms in total. The van der Waals surface area contributed by atoms with Gasteiger partial charge < -0.3 is 19.7 Å². The van der Waals surface area contributed by atoms with Crippen molar-refractivity contribution in [2.75, 3.05) is 32.7 Å². The molecule has 0 bridgehead atoms. The summed E-state index contributed by atoms with van der Waals surface area (Å²) in [5, 5.41) is 20.9. The number of benzene rings is 1. The molecule has 0 saturated carbocycles. The molecule has 1 atom stereocenters. The van der Waals surface area contributed by atoms with E-state index in [1.54, 1.807) is 6.08 Å². The van der Waals surface area contributed by atoms with Crippen LogP contribution in [0.2, 0.25) is 5.02 Å². The maximum Gasteiger partial charge on any atom is 0.508 e. The lowest BCUT2D eigenvalue weighted by molar-refractivity contribution is 0.0817. The monoisotopic (exact) mass is 387 g/mol. The predicted molar refractivity (Wildman–Crippen MR) is 97.4 cm³/mol. The van der Waals surface area contributed by atoms with Crippen LogP contribution in [0.3, 0.4) is 0 Å². The number of hydrogen-bond donors (Lipinski definition) is 2. The van der Waals surface area contributed by atoms with Gasteiger partial charge in [-0.15, -0.1) is 0 Å². The van der Waals surface area contributed by atoms with Crippen molar-refractivity contribution in [2.24, 2.45) is 0 Å². The van der Waals surface area contributed by atoms with Crippen molar-refractivity contribution in [1.82, 2.24) is 4.90 Å². The summed E-state index contributed by atoms with van der Waals surface area (Å²) in [5.74, 6) is -0.0313. The normalized spacial score (nSPS) is 22.8. The Bertz CT molecular complexity index is 627. The van der Waals surface area contributed by atoms with Crippen LogP contribution < -0.4 is 0 Å². The number of halogens is 1. The van der Waals surface area contributed by atoms with Gasteiger partial charge in [0.05, 0.1) is 13.7 Å². The first kappa shape index (κ1) is 20.1. The molecule has 0 amide bonds. The van der Waals surface area contributed by atoms with Gasteiger partial charge >= 0.3 is 6.16 Å². The third-order valence-electron chi connectivity index (χ3n) is 3.99. The highest BCUT2D eigenvalue weighted by molar-refractivity contribution is 8.00. The topological polar surface area (TPSA) is 79.2 Å².